The molecular formula is C20H18N3O3+. The maximum atomic E-state index is 12.0. The first-order valence-electron chi connectivity index (χ1n) is 8.29. The van der Waals surface area contributed by atoms with Crippen molar-refractivity contribution in [1.82, 2.24) is 5.32 Å². The van der Waals surface area contributed by atoms with Gasteiger partial charge in [-0.05, 0) is 72.4 Å². The Bertz CT molecular complexity index is 954. The lowest BCUT2D eigenvalue weighted by molar-refractivity contribution is -0.729. The Morgan fingerprint density at radius 3 is 2.62 bits per heavy atom. The van der Waals surface area contributed by atoms with E-state index in [0.717, 1.165) is 28.7 Å². The van der Waals surface area contributed by atoms with E-state index >= 15 is 0 Å². The molecule has 0 spiro atoms. The zero-order valence-corrected chi connectivity index (χ0v) is 14.3. The molecule has 130 valence electrons. The highest BCUT2D eigenvalue weighted by Gasteiger charge is 2.16. The number of piperidine rings is 1. The summed E-state index contributed by atoms with van der Waals surface area (Å²) >= 11 is 0. The van der Waals surface area contributed by atoms with Crippen LogP contribution in [0.5, 0.6) is 0 Å². The van der Waals surface area contributed by atoms with Crippen molar-refractivity contribution >= 4 is 17.7 Å². The lowest BCUT2D eigenvalue weighted by Crippen LogP contribution is -2.30. The van der Waals surface area contributed by atoms with Gasteiger partial charge >= 0.3 is 5.69 Å². The van der Waals surface area contributed by atoms with Crippen LogP contribution in [0.25, 0.3) is 17.2 Å². The van der Waals surface area contributed by atoms with Crippen molar-refractivity contribution < 1.29 is 14.9 Å². The third-order valence-electron chi connectivity index (χ3n) is 4.51. The van der Waals surface area contributed by atoms with Gasteiger partial charge in [-0.2, -0.15) is 5.26 Å². The van der Waals surface area contributed by atoms with E-state index in [1.54, 1.807) is 24.3 Å². The third kappa shape index (κ3) is 3.47. The molecule has 2 N–H and O–H groups in total. The monoisotopic (exact) mass is 348 g/mol. The molecule has 1 saturated heterocycles. The lowest BCUT2D eigenvalue weighted by Gasteiger charge is -2.16. The quantitative estimate of drug-likeness (QED) is 0.654. The molecule has 0 saturated carbocycles. The Morgan fingerprint density at radius 2 is 2.00 bits per heavy atom. The van der Waals surface area contributed by atoms with Crippen molar-refractivity contribution in [3.8, 4) is 17.2 Å². The summed E-state index contributed by atoms with van der Waals surface area (Å²) in [6.07, 6.45) is 3.45. The summed E-state index contributed by atoms with van der Waals surface area (Å²) in [7, 11) is 0. The second-order valence-electron chi connectivity index (χ2n) is 6.20. The highest BCUT2D eigenvalue weighted by Crippen LogP contribution is 2.30. The van der Waals surface area contributed by atoms with Crippen LogP contribution in [0.15, 0.2) is 42.0 Å². The Balaban J connectivity index is 2.09. The standard InChI is InChI=1S/C20H17N3O3/c1-13-17(11-16-3-2-8-22-20(16)24)9-14(12-21)10-19(13)15-4-6-18(7-5-15)23(25)26/h4-7,9-11H,2-3,8H2,1H3,(H-,22,24,25,26)/p+1/b16-11+. The summed E-state index contributed by atoms with van der Waals surface area (Å²) in [4.78, 5) is 22.8. The molecule has 1 aliphatic heterocycles. The number of hydrogen-bond donors (Lipinski definition) is 2. The van der Waals surface area contributed by atoms with Crippen molar-refractivity contribution in [2.75, 3.05) is 6.54 Å². The molecular weight excluding hydrogens is 330 g/mol. The van der Waals surface area contributed by atoms with Gasteiger partial charge in [0.05, 0.1) is 16.5 Å². The van der Waals surface area contributed by atoms with Crippen molar-refractivity contribution in [3.05, 3.63) is 63.6 Å². The molecule has 0 atom stereocenters. The fourth-order valence-electron chi connectivity index (χ4n) is 3.05. The minimum Gasteiger partial charge on any atom is -0.352 e. The minimum absolute atomic E-state index is 0.0672. The summed E-state index contributed by atoms with van der Waals surface area (Å²) in [5.41, 5.74) is 4.74. The van der Waals surface area contributed by atoms with E-state index in [2.05, 4.69) is 11.4 Å². The van der Waals surface area contributed by atoms with Gasteiger partial charge in [0.15, 0.2) is 0 Å². The second-order valence-corrected chi connectivity index (χ2v) is 6.20. The fourth-order valence-corrected chi connectivity index (χ4v) is 3.05. The SMILES string of the molecule is Cc1c(/C=C2\CCCNC2=O)cc(C#N)cc1-c1ccc([N+](=O)O)cc1. The zero-order chi connectivity index (χ0) is 18.7. The van der Waals surface area contributed by atoms with E-state index in [4.69, 9.17) is 5.21 Å². The Labute approximate surface area is 150 Å². The van der Waals surface area contributed by atoms with Gasteiger partial charge in [0, 0.05) is 24.3 Å². The summed E-state index contributed by atoms with van der Waals surface area (Å²) in [5.74, 6) is -0.0672. The zero-order valence-electron chi connectivity index (χ0n) is 14.3. The van der Waals surface area contributed by atoms with E-state index in [9.17, 15) is 15.0 Å². The molecule has 1 heterocycles. The number of carbonyl (C=O) groups excluding carboxylic acids is 1. The maximum Gasteiger partial charge on any atom is 0.316 e. The predicted molar refractivity (Wildman–Crippen MR) is 96.6 cm³/mol. The lowest BCUT2D eigenvalue weighted by atomic mass is 9.92. The molecule has 0 bridgehead atoms. The average molecular weight is 348 g/mol. The van der Waals surface area contributed by atoms with Crippen molar-refractivity contribution in [2.24, 2.45) is 0 Å². The van der Waals surface area contributed by atoms with E-state index in [-0.39, 0.29) is 16.5 Å². The summed E-state index contributed by atoms with van der Waals surface area (Å²) in [6.45, 7) is 2.62. The summed E-state index contributed by atoms with van der Waals surface area (Å²) in [6, 6.07) is 12.1. The van der Waals surface area contributed by atoms with Crippen LogP contribution in [0.3, 0.4) is 0 Å². The van der Waals surface area contributed by atoms with Crippen LogP contribution in [0.4, 0.5) is 5.69 Å². The summed E-state index contributed by atoms with van der Waals surface area (Å²) < 4.78 is 0. The number of amides is 1. The molecule has 3 rings (SSSR count). The van der Waals surface area contributed by atoms with E-state index < -0.39 is 0 Å². The molecule has 6 heteroatoms. The number of carbonyl (C=O) groups is 1. The topological polar surface area (TPSA) is 93.2 Å². The number of nitrogens with zero attached hydrogens (tertiary/aromatic N) is 2. The van der Waals surface area contributed by atoms with Gasteiger partial charge in [-0.15, -0.1) is 0 Å². The van der Waals surface area contributed by atoms with Gasteiger partial charge in [-0.1, -0.05) is 0 Å². The maximum absolute atomic E-state index is 12.0. The van der Waals surface area contributed by atoms with Gasteiger partial charge in [0.1, 0.15) is 0 Å². The Hall–Kier alpha value is -3.46. The molecule has 26 heavy (non-hydrogen) atoms. The molecule has 0 radical (unpaired) electrons. The van der Waals surface area contributed by atoms with Gasteiger partial charge in [-0.25, -0.2) is 5.21 Å². The van der Waals surface area contributed by atoms with Crippen LogP contribution in [0.1, 0.15) is 29.5 Å². The molecule has 0 aromatic heterocycles. The molecule has 1 aliphatic rings. The Kier molecular flexibility index (Phi) is 4.81. The van der Waals surface area contributed by atoms with Crippen LogP contribution in [-0.2, 0) is 4.79 Å². The normalized spacial score (nSPS) is 15.4. The Morgan fingerprint density at radius 1 is 1.27 bits per heavy atom. The first-order chi connectivity index (χ1) is 12.5. The van der Waals surface area contributed by atoms with Crippen molar-refractivity contribution in [1.29, 1.82) is 5.26 Å². The fraction of sp³-hybridized carbons (Fsp3) is 0.200. The first kappa shape index (κ1) is 17.4. The number of benzene rings is 2. The number of nitrogens with one attached hydrogen (secondary N) is 1. The number of nitriles is 1. The van der Waals surface area contributed by atoms with Gasteiger partial charge in [0.2, 0.25) is 5.91 Å². The number of rotatable bonds is 3. The average Bonchev–Trinajstić information content (AvgIpc) is 2.65. The first-order valence-corrected chi connectivity index (χ1v) is 8.29. The van der Waals surface area contributed by atoms with E-state index in [1.807, 2.05) is 13.0 Å². The highest BCUT2D eigenvalue weighted by atomic mass is 16.6. The highest BCUT2D eigenvalue weighted by molar-refractivity contribution is 5.99. The third-order valence-corrected chi connectivity index (χ3v) is 4.51. The smallest absolute Gasteiger partial charge is 0.316 e. The van der Waals surface area contributed by atoms with Crippen LogP contribution in [0.2, 0.25) is 0 Å². The molecule has 2 aromatic rings. The number of hydrogen-bond acceptors (Lipinski definition) is 3. The molecule has 0 unspecified atom stereocenters. The summed E-state index contributed by atoms with van der Waals surface area (Å²) in [5, 5.41) is 21.2. The predicted octanol–water partition coefficient (Wildman–Crippen LogP) is 3.63. The second kappa shape index (κ2) is 7.19. The molecule has 0 aliphatic carbocycles. The molecule has 6 nitrogen and oxygen atoms in total. The van der Waals surface area contributed by atoms with Crippen LogP contribution in [0, 0.1) is 23.2 Å². The van der Waals surface area contributed by atoms with Crippen molar-refractivity contribution in [3.63, 3.8) is 0 Å². The molecule has 2 aromatic carbocycles. The van der Waals surface area contributed by atoms with Gasteiger partial charge < -0.3 is 5.32 Å². The molecule has 1 fully saturated rings. The van der Waals surface area contributed by atoms with Crippen LogP contribution >= 0.6 is 0 Å². The van der Waals surface area contributed by atoms with Crippen molar-refractivity contribution in [2.45, 2.75) is 19.8 Å². The van der Waals surface area contributed by atoms with Gasteiger partial charge in [0.25, 0.3) is 4.92 Å². The van der Waals surface area contributed by atoms with Gasteiger partial charge in [-0.3, -0.25) is 4.79 Å². The largest absolute Gasteiger partial charge is 0.352 e. The minimum atomic E-state index is -0.195. The van der Waals surface area contributed by atoms with Crippen LogP contribution in [-0.4, -0.2) is 22.6 Å². The molecule has 1 amide bonds. The van der Waals surface area contributed by atoms with E-state index in [1.165, 1.54) is 12.1 Å². The van der Waals surface area contributed by atoms with E-state index in [0.29, 0.717) is 24.1 Å². The van der Waals surface area contributed by atoms with Crippen LogP contribution < -0.4 is 5.32 Å².